The molecule has 0 aliphatic heterocycles. The van der Waals surface area contributed by atoms with Gasteiger partial charge in [0.15, 0.2) is 0 Å². The predicted octanol–water partition coefficient (Wildman–Crippen LogP) is -1.65. The van der Waals surface area contributed by atoms with Crippen molar-refractivity contribution in [3.8, 4) is 0 Å². The van der Waals surface area contributed by atoms with E-state index in [9.17, 15) is 0 Å². The second-order valence-corrected chi connectivity index (χ2v) is 0. The first-order valence-electron chi connectivity index (χ1n) is 0. The third-order valence-corrected chi connectivity index (χ3v) is 0. The minimum atomic E-state index is 0. The zero-order valence-corrected chi connectivity index (χ0v) is 4.93. The Labute approximate surface area is 53.1 Å². The molecule has 0 fully saturated rings. The monoisotopic (exact) mass is 190 g/mol. The Morgan fingerprint density at radius 3 is 0.750 bits per heavy atom. The van der Waals surface area contributed by atoms with E-state index < -0.39 is 0 Å². The average molecular weight is 190 g/mol. The van der Waals surface area contributed by atoms with Crippen molar-refractivity contribution in [3.63, 3.8) is 0 Å². The SMILES string of the molecule is O.O.[Pd].[Ti]. The minimum absolute atomic E-state index is 0. The number of hydrogen-bond donors (Lipinski definition) is 0. The van der Waals surface area contributed by atoms with Crippen molar-refractivity contribution in [2.24, 2.45) is 0 Å². The standard InChI is InChI=1S/2H2O.Pd.Ti/h2*1H2;;. The first-order valence-corrected chi connectivity index (χ1v) is 0. The molecule has 0 saturated carbocycles. The van der Waals surface area contributed by atoms with Crippen LogP contribution in [0.15, 0.2) is 0 Å². The predicted molar refractivity (Wildman–Crippen MR) is 7.23 cm³/mol. The second kappa shape index (κ2) is 27.8. The van der Waals surface area contributed by atoms with Crippen molar-refractivity contribution >= 4 is 0 Å². The quantitative estimate of drug-likeness (QED) is 0.411. The van der Waals surface area contributed by atoms with E-state index in [1.54, 1.807) is 0 Å². The average Bonchev–Trinajstić information content (AvgIpc) is 0. The van der Waals surface area contributed by atoms with Gasteiger partial charge in [-0.05, 0) is 0 Å². The van der Waals surface area contributed by atoms with Gasteiger partial charge in [-0.2, -0.15) is 0 Å². The first kappa shape index (κ1) is 58.2. The molecule has 0 saturated heterocycles. The molecule has 30 valence electrons. The molecule has 4 heavy (non-hydrogen) atoms. The van der Waals surface area contributed by atoms with E-state index in [0.29, 0.717) is 0 Å². The van der Waals surface area contributed by atoms with Crippen LogP contribution in [0.3, 0.4) is 0 Å². The van der Waals surface area contributed by atoms with Gasteiger partial charge in [0.25, 0.3) is 0 Å². The normalized spacial score (nSPS) is 0. The fourth-order valence-electron chi connectivity index (χ4n) is 0. The molecule has 4 N–H and O–H groups in total. The van der Waals surface area contributed by atoms with Crippen LogP contribution in [0, 0.1) is 0 Å². The topological polar surface area (TPSA) is 63.0 Å². The van der Waals surface area contributed by atoms with Gasteiger partial charge in [-0.25, -0.2) is 0 Å². The van der Waals surface area contributed by atoms with E-state index >= 15 is 0 Å². The molecule has 0 rings (SSSR count). The fourth-order valence-corrected chi connectivity index (χ4v) is 0. The maximum absolute atomic E-state index is 0. The van der Waals surface area contributed by atoms with Crippen molar-refractivity contribution in [3.05, 3.63) is 0 Å². The van der Waals surface area contributed by atoms with E-state index in [1.807, 2.05) is 0 Å². The molecule has 2 nitrogen and oxygen atoms in total. The summed E-state index contributed by atoms with van der Waals surface area (Å²) in [6, 6.07) is 0. The molecule has 4 heteroatoms. The number of hydrogen-bond acceptors (Lipinski definition) is 0. The van der Waals surface area contributed by atoms with Crippen LogP contribution in [0.25, 0.3) is 0 Å². The van der Waals surface area contributed by atoms with Crippen LogP contribution in [0.1, 0.15) is 0 Å². The van der Waals surface area contributed by atoms with Crippen LogP contribution < -0.4 is 0 Å². The molecule has 0 aliphatic carbocycles. The van der Waals surface area contributed by atoms with E-state index in [1.165, 1.54) is 0 Å². The van der Waals surface area contributed by atoms with Crippen molar-refractivity contribution in [2.75, 3.05) is 0 Å². The smallest absolute Gasteiger partial charge is 0 e. The maximum Gasteiger partial charge on any atom is 0 e. The van der Waals surface area contributed by atoms with Crippen LogP contribution in [-0.4, -0.2) is 11.0 Å². The van der Waals surface area contributed by atoms with Crippen LogP contribution in [-0.2, 0) is 42.1 Å². The van der Waals surface area contributed by atoms with Crippen molar-refractivity contribution < 1.29 is 53.1 Å². The molecule has 0 unspecified atom stereocenters. The van der Waals surface area contributed by atoms with E-state index in [2.05, 4.69) is 0 Å². The molecule has 0 atom stereocenters. The third-order valence-electron chi connectivity index (χ3n) is 0. The van der Waals surface area contributed by atoms with E-state index in [-0.39, 0.29) is 53.1 Å². The van der Waals surface area contributed by atoms with Gasteiger partial charge in [-0.15, -0.1) is 0 Å². The van der Waals surface area contributed by atoms with Gasteiger partial charge in [0.05, 0.1) is 0 Å². The first-order chi connectivity index (χ1) is 0. The molecule has 0 bridgehead atoms. The van der Waals surface area contributed by atoms with E-state index in [0.717, 1.165) is 0 Å². The summed E-state index contributed by atoms with van der Waals surface area (Å²) in [6.07, 6.45) is 0. The molecule has 0 aromatic heterocycles. The molecule has 0 amide bonds. The fraction of sp³-hybridized carbons (Fsp3) is 0. The number of rotatable bonds is 0. The molecule has 0 aromatic rings. The molecule has 0 aliphatic rings. The summed E-state index contributed by atoms with van der Waals surface area (Å²) < 4.78 is 0. The molecule has 0 radical (unpaired) electrons. The Balaban J connectivity index is 0. The molecule has 0 aromatic carbocycles. The third kappa shape index (κ3) is 10.3. The van der Waals surface area contributed by atoms with Crippen molar-refractivity contribution in [2.45, 2.75) is 0 Å². The summed E-state index contributed by atoms with van der Waals surface area (Å²) in [7, 11) is 0. The summed E-state index contributed by atoms with van der Waals surface area (Å²) in [6.45, 7) is 0. The zero-order valence-electron chi connectivity index (χ0n) is 1.82. The van der Waals surface area contributed by atoms with Crippen LogP contribution in [0.5, 0.6) is 0 Å². The van der Waals surface area contributed by atoms with Crippen molar-refractivity contribution in [1.82, 2.24) is 0 Å². The van der Waals surface area contributed by atoms with Gasteiger partial charge in [0.1, 0.15) is 0 Å². The van der Waals surface area contributed by atoms with Crippen LogP contribution >= 0.6 is 0 Å². The molecule has 0 heterocycles. The molecular formula is H4O2PdTi. The summed E-state index contributed by atoms with van der Waals surface area (Å²) in [5.74, 6) is 0. The Kier molecular flexibility index (Phi) is 404. The zero-order chi connectivity index (χ0) is 0. The van der Waals surface area contributed by atoms with Gasteiger partial charge in [0.2, 0.25) is 0 Å². The summed E-state index contributed by atoms with van der Waals surface area (Å²) in [5.41, 5.74) is 0. The van der Waals surface area contributed by atoms with Crippen molar-refractivity contribution in [1.29, 1.82) is 0 Å². The Morgan fingerprint density at radius 1 is 0.750 bits per heavy atom. The second-order valence-electron chi connectivity index (χ2n) is 0. The molecular weight excluding hydrogens is 186 g/mol. The Hall–Kier alpha value is 1.30. The minimum Gasteiger partial charge on any atom is -0.412 e. The molecule has 0 spiro atoms. The van der Waals surface area contributed by atoms with Gasteiger partial charge in [-0.3, -0.25) is 0 Å². The largest absolute Gasteiger partial charge is 0.412 e. The van der Waals surface area contributed by atoms with Gasteiger partial charge < -0.3 is 11.0 Å². The summed E-state index contributed by atoms with van der Waals surface area (Å²) in [5, 5.41) is 0. The van der Waals surface area contributed by atoms with E-state index in [4.69, 9.17) is 0 Å². The van der Waals surface area contributed by atoms with Crippen LogP contribution in [0.2, 0.25) is 0 Å². The summed E-state index contributed by atoms with van der Waals surface area (Å²) >= 11 is 0. The van der Waals surface area contributed by atoms with Gasteiger partial charge >= 0.3 is 0 Å². The Morgan fingerprint density at radius 2 is 0.750 bits per heavy atom. The van der Waals surface area contributed by atoms with Crippen LogP contribution in [0.4, 0.5) is 0 Å². The Bertz CT molecular complexity index is 6.00. The van der Waals surface area contributed by atoms with Gasteiger partial charge in [-0.1, -0.05) is 0 Å². The maximum atomic E-state index is 0. The summed E-state index contributed by atoms with van der Waals surface area (Å²) in [4.78, 5) is 0. The van der Waals surface area contributed by atoms with Gasteiger partial charge in [0, 0.05) is 42.1 Å².